The van der Waals surface area contributed by atoms with Gasteiger partial charge in [0.1, 0.15) is 0 Å². The van der Waals surface area contributed by atoms with Crippen LogP contribution in [0.1, 0.15) is 12.5 Å². The van der Waals surface area contributed by atoms with Crippen molar-refractivity contribution in [3.05, 3.63) is 29.8 Å². The van der Waals surface area contributed by atoms with Crippen molar-refractivity contribution in [1.82, 2.24) is 0 Å². The van der Waals surface area contributed by atoms with E-state index in [9.17, 15) is 4.21 Å². The van der Waals surface area contributed by atoms with E-state index in [1.807, 2.05) is 19.1 Å². The van der Waals surface area contributed by atoms with Gasteiger partial charge in [0, 0.05) is 0 Å². The first-order chi connectivity index (χ1) is 8.17. The number of rotatable bonds is 6. The highest BCUT2D eigenvalue weighted by atomic mass is 32.2. The smallest absolute Gasteiger partial charge is 0.161 e. The molecule has 0 aliphatic rings. The highest BCUT2D eigenvalue weighted by molar-refractivity contribution is 7.79. The number of hydrogen-bond acceptors (Lipinski definition) is 3. The summed E-state index contributed by atoms with van der Waals surface area (Å²) in [5.74, 6) is 1.47. The molecule has 0 fully saturated rings. The number of methoxy groups -OCH3 is 1. The Bertz CT molecular complexity index is 415. The molecule has 94 valence electrons. The number of hydrogen-bond donors (Lipinski definition) is 1. The van der Waals surface area contributed by atoms with Crippen molar-refractivity contribution >= 4 is 17.2 Å². The average Bonchev–Trinajstić information content (AvgIpc) is 2.29. The van der Waals surface area contributed by atoms with Crippen LogP contribution in [0, 0.1) is 0 Å². The molecule has 1 aromatic carbocycles. The van der Waals surface area contributed by atoms with Gasteiger partial charge in [-0.1, -0.05) is 18.2 Å². The van der Waals surface area contributed by atoms with Crippen molar-refractivity contribution in [2.45, 2.75) is 6.92 Å². The maximum absolute atomic E-state index is 10.5. The monoisotopic (exact) mass is 256 g/mol. The van der Waals surface area contributed by atoms with Crippen molar-refractivity contribution in [3.63, 3.8) is 0 Å². The maximum Gasteiger partial charge on any atom is 0.161 e. The third kappa shape index (κ3) is 4.58. The van der Waals surface area contributed by atoms with Crippen LogP contribution < -0.4 is 9.47 Å². The minimum atomic E-state index is -1.80. The lowest BCUT2D eigenvalue weighted by atomic mass is 10.2. The molecule has 1 N–H and O–H groups in total. The second kappa shape index (κ2) is 7.09. The largest absolute Gasteiger partial charge is 0.493 e. The van der Waals surface area contributed by atoms with E-state index in [-0.39, 0.29) is 5.75 Å². The Balaban J connectivity index is 2.84. The summed E-state index contributed by atoms with van der Waals surface area (Å²) in [5, 5.41) is 0. The number of ether oxygens (including phenoxy) is 2. The Morgan fingerprint density at radius 3 is 2.76 bits per heavy atom. The fourth-order valence-corrected chi connectivity index (χ4v) is 1.59. The van der Waals surface area contributed by atoms with Gasteiger partial charge in [-0.2, -0.15) is 0 Å². The van der Waals surface area contributed by atoms with Gasteiger partial charge in [0.25, 0.3) is 0 Å². The van der Waals surface area contributed by atoms with E-state index in [0.717, 1.165) is 5.56 Å². The number of benzene rings is 1. The van der Waals surface area contributed by atoms with Gasteiger partial charge in [0.05, 0.1) is 19.5 Å². The van der Waals surface area contributed by atoms with Gasteiger partial charge in [-0.15, -0.1) is 0 Å². The Morgan fingerprint density at radius 2 is 2.18 bits per heavy atom. The first-order valence-electron chi connectivity index (χ1n) is 5.22. The molecule has 0 amide bonds. The molecular formula is C12H16O4S. The van der Waals surface area contributed by atoms with Crippen LogP contribution in [-0.4, -0.2) is 28.2 Å². The van der Waals surface area contributed by atoms with Gasteiger partial charge in [0.15, 0.2) is 22.6 Å². The summed E-state index contributed by atoms with van der Waals surface area (Å²) < 4.78 is 29.7. The molecule has 1 atom stereocenters. The van der Waals surface area contributed by atoms with E-state index in [1.165, 1.54) is 0 Å². The molecule has 0 aliphatic heterocycles. The van der Waals surface area contributed by atoms with E-state index < -0.39 is 11.1 Å². The molecule has 0 saturated carbocycles. The van der Waals surface area contributed by atoms with E-state index in [2.05, 4.69) is 0 Å². The fourth-order valence-electron chi connectivity index (χ4n) is 1.33. The van der Waals surface area contributed by atoms with Gasteiger partial charge in [-0.25, -0.2) is 4.21 Å². The van der Waals surface area contributed by atoms with Crippen molar-refractivity contribution in [2.75, 3.05) is 19.5 Å². The summed E-state index contributed by atoms with van der Waals surface area (Å²) >= 11 is -1.80. The molecule has 0 bridgehead atoms. The van der Waals surface area contributed by atoms with Crippen LogP contribution in [0.5, 0.6) is 11.5 Å². The molecule has 0 radical (unpaired) electrons. The highest BCUT2D eigenvalue weighted by Gasteiger charge is 2.03. The zero-order valence-corrected chi connectivity index (χ0v) is 10.7. The third-order valence-electron chi connectivity index (χ3n) is 2.04. The zero-order chi connectivity index (χ0) is 12.7. The molecule has 1 rings (SSSR count). The van der Waals surface area contributed by atoms with Crippen molar-refractivity contribution < 1.29 is 18.2 Å². The van der Waals surface area contributed by atoms with Crippen LogP contribution >= 0.6 is 0 Å². The molecule has 0 heterocycles. The van der Waals surface area contributed by atoms with Gasteiger partial charge in [-0.05, 0) is 24.6 Å². The minimum Gasteiger partial charge on any atom is -0.493 e. The molecule has 1 aromatic rings. The second-order valence-electron chi connectivity index (χ2n) is 3.23. The molecule has 5 heteroatoms. The molecule has 1 unspecified atom stereocenters. The Labute approximate surface area is 104 Å². The Hall–Kier alpha value is -1.33. The first kappa shape index (κ1) is 13.7. The van der Waals surface area contributed by atoms with Crippen molar-refractivity contribution in [3.8, 4) is 11.5 Å². The predicted octanol–water partition coefficient (Wildman–Crippen LogP) is 2.33. The summed E-state index contributed by atoms with van der Waals surface area (Å²) in [7, 11) is 1.59. The van der Waals surface area contributed by atoms with Gasteiger partial charge < -0.3 is 14.0 Å². The van der Waals surface area contributed by atoms with Crippen LogP contribution in [0.15, 0.2) is 24.3 Å². The summed E-state index contributed by atoms with van der Waals surface area (Å²) in [4.78, 5) is 0. The summed E-state index contributed by atoms with van der Waals surface area (Å²) in [6, 6.07) is 5.50. The van der Waals surface area contributed by atoms with Crippen LogP contribution in [-0.2, 0) is 11.1 Å². The topological polar surface area (TPSA) is 55.8 Å². The molecule has 0 aliphatic carbocycles. The van der Waals surface area contributed by atoms with Crippen LogP contribution in [0.2, 0.25) is 0 Å². The van der Waals surface area contributed by atoms with E-state index in [0.29, 0.717) is 18.1 Å². The summed E-state index contributed by atoms with van der Waals surface area (Å²) in [6.45, 7) is 2.46. The molecular weight excluding hydrogens is 240 g/mol. The summed E-state index contributed by atoms with van der Waals surface area (Å²) in [6.07, 6.45) is 3.42. The SMILES string of the molecule is CCOc1cc(C=CCS(=O)O)ccc1OC. The molecule has 0 aromatic heterocycles. The maximum atomic E-state index is 10.5. The lowest BCUT2D eigenvalue weighted by molar-refractivity contribution is 0.311. The molecule has 0 spiro atoms. The Morgan fingerprint density at radius 1 is 1.41 bits per heavy atom. The van der Waals surface area contributed by atoms with Crippen LogP contribution in [0.4, 0.5) is 0 Å². The molecule has 17 heavy (non-hydrogen) atoms. The highest BCUT2D eigenvalue weighted by Crippen LogP contribution is 2.28. The second-order valence-corrected chi connectivity index (χ2v) is 4.21. The lowest BCUT2D eigenvalue weighted by Gasteiger charge is -2.09. The predicted molar refractivity (Wildman–Crippen MR) is 68.8 cm³/mol. The molecule has 0 saturated heterocycles. The van der Waals surface area contributed by atoms with Crippen LogP contribution in [0.3, 0.4) is 0 Å². The van der Waals surface area contributed by atoms with Crippen molar-refractivity contribution in [1.29, 1.82) is 0 Å². The van der Waals surface area contributed by atoms with Crippen LogP contribution in [0.25, 0.3) is 6.08 Å². The fraction of sp³-hybridized carbons (Fsp3) is 0.333. The van der Waals surface area contributed by atoms with E-state index >= 15 is 0 Å². The average molecular weight is 256 g/mol. The summed E-state index contributed by atoms with van der Waals surface area (Å²) in [5.41, 5.74) is 0.903. The van der Waals surface area contributed by atoms with Gasteiger partial charge in [0.2, 0.25) is 0 Å². The lowest BCUT2D eigenvalue weighted by Crippen LogP contribution is -1.95. The van der Waals surface area contributed by atoms with Gasteiger partial charge >= 0.3 is 0 Å². The van der Waals surface area contributed by atoms with E-state index in [1.54, 1.807) is 25.3 Å². The minimum absolute atomic E-state index is 0.121. The normalized spacial score (nSPS) is 12.6. The zero-order valence-electron chi connectivity index (χ0n) is 9.88. The standard InChI is InChI=1S/C12H16O4S/c1-3-16-12-9-10(5-4-8-17(13)14)6-7-11(12)15-2/h4-7,9H,3,8H2,1-2H3,(H,13,14). The van der Waals surface area contributed by atoms with E-state index in [4.69, 9.17) is 14.0 Å². The van der Waals surface area contributed by atoms with Crippen molar-refractivity contribution in [2.24, 2.45) is 0 Å². The Kier molecular flexibility index (Phi) is 5.72. The first-order valence-corrected chi connectivity index (χ1v) is 6.49. The molecule has 4 nitrogen and oxygen atoms in total. The quantitative estimate of drug-likeness (QED) is 0.794. The third-order valence-corrected chi connectivity index (χ3v) is 2.51. The van der Waals surface area contributed by atoms with Gasteiger partial charge in [-0.3, -0.25) is 0 Å².